The maximum atomic E-state index is 11.9. The van der Waals surface area contributed by atoms with E-state index in [1.54, 1.807) is 18.2 Å². The number of hydrogen-bond acceptors (Lipinski definition) is 6. The molecule has 6 heteroatoms. The van der Waals surface area contributed by atoms with Crippen LogP contribution in [0.4, 0.5) is 11.4 Å². The summed E-state index contributed by atoms with van der Waals surface area (Å²) in [5.41, 5.74) is 13.0. The van der Waals surface area contributed by atoms with Gasteiger partial charge in [-0.3, -0.25) is 0 Å². The Labute approximate surface area is 115 Å². The van der Waals surface area contributed by atoms with Crippen molar-refractivity contribution in [3.05, 3.63) is 53.3 Å². The van der Waals surface area contributed by atoms with Crippen LogP contribution in [0.1, 0.15) is 21.6 Å². The first kappa shape index (κ1) is 13.4. The first-order valence-corrected chi connectivity index (χ1v) is 5.77. The Kier molecular flexibility index (Phi) is 3.82. The van der Waals surface area contributed by atoms with Crippen LogP contribution >= 0.6 is 0 Å². The molecule has 0 amide bonds. The van der Waals surface area contributed by atoms with E-state index in [2.05, 4.69) is 4.98 Å². The van der Waals surface area contributed by atoms with Gasteiger partial charge in [-0.2, -0.15) is 5.26 Å². The van der Waals surface area contributed by atoms with Crippen LogP contribution in [0.2, 0.25) is 0 Å². The van der Waals surface area contributed by atoms with Crippen molar-refractivity contribution in [3.8, 4) is 6.07 Å². The van der Waals surface area contributed by atoms with E-state index in [0.717, 1.165) is 0 Å². The van der Waals surface area contributed by atoms with Gasteiger partial charge in [-0.1, -0.05) is 6.07 Å². The summed E-state index contributed by atoms with van der Waals surface area (Å²) in [6, 6.07) is 9.78. The summed E-state index contributed by atoms with van der Waals surface area (Å²) < 4.78 is 5.13. The third kappa shape index (κ3) is 3.03. The second kappa shape index (κ2) is 5.71. The molecule has 0 saturated heterocycles. The number of aromatic nitrogens is 1. The zero-order valence-electron chi connectivity index (χ0n) is 10.5. The molecule has 0 unspecified atom stereocenters. The number of ether oxygens (including phenoxy) is 1. The standard InChI is InChI=1S/C14H12N4O2/c15-7-13-9(2-1-3-18-13)8-20-14(19)10-4-11(16)6-12(17)5-10/h1-6H,8,16-17H2. The number of nitrogens with zero attached hydrogens (tertiary/aromatic N) is 2. The van der Waals surface area contributed by atoms with Gasteiger partial charge in [0.05, 0.1) is 5.56 Å². The fourth-order valence-corrected chi connectivity index (χ4v) is 1.68. The highest BCUT2D eigenvalue weighted by molar-refractivity contribution is 5.91. The average molecular weight is 268 g/mol. The molecule has 1 heterocycles. The Morgan fingerprint density at radius 2 is 2.00 bits per heavy atom. The van der Waals surface area contributed by atoms with Gasteiger partial charge in [0.1, 0.15) is 18.4 Å². The van der Waals surface area contributed by atoms with Gasteiger partial charge in [-0.15, -0.1) is 0 Å². The molecular weight excluding hydrogens is 256 g/mol. The van der Waals surface area contributed by atoms with Gasteiger partial charge in [-0.05, 0) is 24.3 Å². The molecule has 0 aliphatic carbocycles. The fourth-order valence-electron chi connectivity index (χ4n) is 1.68. The van der Waals surface area contributed by atoms with Crippen molar-refractivity contribution in [3.63, 3.8) is 0 Å². The molecular formula is C14H12N4O2. The molecule has 6 nitrogen and oxygen atoms in total. The molecule has 2 rings (SSSR count). The van der Waals surface area contributed by atoms with Crippen molar-refractivity contribution in [1.82, 2.24) is 4.98 Å². The zero-order chi connectivity index (χ0) is 14.5. The quantitative estimate of drug-likeness (QED) is 0.643. The van der Waals surface area contributed by atoms with Crippen molar-refractivity contribution in [1.29, 1.82) is 5.26 Å². The molecule has 2 aromatic rings. The van der Waals surface area contributed by atoms with E-state index in [4.69, 9.17) is 21.5 Å². The van der Waals surface area contributed by atoms with Crippen molar-refractivity contribution < 1.29 is 9.53 Å². The van der Waals surface area contributed by atoms with Crippen molar-refractivity contribution >= 4 is 17.3 Å². The van der Waals surface area contributed by atoms with E-state index >= 15 is 0 Å². The first-order chi connectivity index (χ1) is 9.60. The van der Waals surface area contributed by atoms with Crippen LogP contribution in [0.3, 0.4) is 0 Å². The number of hydrogen-bond donors (Lipinski definition) is 2. The molecule has 0 aliphatic rings. The van der Waals surface area contributed by atoms with Crippen LogP contribution in [-0.4, -0.2) is 11.0 Å². The SMILES string of the molecule is N#Cc1ncccc1COC(=O)c1cc(N)cc(N)c1. The maximum absolute atomic E-state index is 11.9. The number of anilines is 2. The average Bonchev–Trinajstić information content (AvgIpc) is 2.44. The van der Waals surface area contributed by atoms with Crippen molar-refractivity contribution in [2.45, 2.75) is 6.61 Å². The summed E-state index contributed by atoms with van der Waals surface area (Å²) in [5, 5.41) is 8.89. The van der Waals surface area contributed by atoms with E-state index in [1.807, 2.05) is 6.07 Å². The highest BCUT2D eigenvalue weighted by atomic mass is 16.5. The van der Waals surface area contributed by atoms with E-state index < -0.39 is 5.97 Å². The number of carbonyl (C=O) groups excluding carboxylic acids is 1. The molecule has 0 saturated carbocycles. The number of benzene rings is 1. The lowest BCUT2D eigenvalue weighted by Gasteiger charge is -2.07. The van der Waals surface area contributed by atoms with Gasteiger partial charge in [0.2, 0.25) is 0 Å². The lowest BCUT2D eigenvalue weighted by atomic mass is 10.2. The molecule has 1 aromatic carbocycles. The van der Waals surface area contributed by atoms with Gasteiger partial charge in [0, 0.05) is 23.1 Å². The summed E-state index contributed by atoms with van der Waals surface area (Å²) in [6.07, 6.45) is 1.50. The molecule has 0 atom stereocenters. The highest BCUT2D eigenvalue weighted by Crippen LogP contribution is 2.15. The number of pyridine rings is 1. The monoisotopic (exact) mass is 268 g/mol. The maximum Gasteiger partial charge on any atom is 0.338 e. The predicted octanol–water partition coefficient (Wildman–Crippen LogP) is 1.47. The van der Waals surface area contributed by atoms with Crippen LogP contribution in [-0.2, 0) is 11.3 Å². The molecule has 0 bridgehead atoms. The molecule has 0 aliphatic heterocycles. The van der Waals surface area contributed by atoms with Gasteiger partial charge in [0.25, 0.3) is 0 Å². The number of esters is 1. The highest BCUT2D eigenvalue weighted by Gasteiger charge is 2.11. The van der Waals surface area contributed by atoms with E-state index in [1.165, 1.54) is 18.3 Å². The molecule has 4 N–H and O–H groups in total. The minimum atomic E-state index is -0.559. The largest absolute Gasteiger partial charge is 0.457 e. The Morgan fingerprint density at radius 1 is 1.30 bits per heavy atom. The topological polar surface area (TPSA) is 115 Å². The predicted molar refractivity (Wildman–Crippen MR) is 73.3 cm³/mol. The van der Waals surface area contributed by atoms with E-state index in [0.29, 0.717) is 16.9 Å². The second-order valence-corrected chi connectivity index (χ2v) is 4.09. The molecule has 20 heavy (non-hydrogen) atoms. The van der Waals surface area contributed by atoms with Crippen molar-refractivity contribution in [2.75, 3.05) is 11.5 Å². The van der Waals surface area contributed by atoms with Crippen LogP contribution in [0, 0.1) is 11.3 Å². The molecule has 0 fully saturated rings. The Bertz CT molecular complexity index is 672. The number of nitriles is 1. The van der Waals surface area contributed by atoms with Crippen LogP contribution in [0.25, 0.3) is 0 Å². The Hall–Kier alpha value is -3.07. The fraction of sp³-hybridized carbons (Fsp3) is 0.0714. The summed E-state index contributed by atoms with van der Waals surface area (Å²) >= 11 is 0. The third-order valence-corrected chi connectivity index (χ3v) is 2.57. The molecule has 0 spiro atoms. The normalized spacial score (nSPS) is 9.75. The lowest BCUT2D eigenvalue weighted by Crippen LogP contribution is -2.08. The summed E-state index contributed by atoms with van der Waals surface area (Å²) in [6.45, 7) is -0.0374. The number of nitrogens with two attached hydrogens (primary N) is 2. The second-order valence-electron chi connectivity index (χ2n) is 4.09. The van der Waals surface area contributed by atoms with Gasteiger partial charge in [0.15, 0.2) is 0 Å². The number of nitrogen functional groups attached to an aromatic ring is 2. The van der Waals surface area contributed by atoms with Crippen LogP contribution < -0.4 is 11.5 Å². The smallest absolute Gasteiger partial charge is 0.338 e. The number of carbonyl (C=O) groups is 1. The minimum Gasteiger partial charge on any atom is -0.457 e. The van der Waals surface area contributed by atoms with E-state index in [-0.39, 0.29) is 17.9 Å². The van der Waals surface area contributed by atoms with Crippen LogP contribution in [0.5, 0.6) is 0 Å². The Balaban J connectivity index is 2.11. The minimum absolute atomic E-state index is 0.0374. The Morgan fingerprint density at radius 3 is 2.65 bits per heavy atom. The van der Waals surface area contributed by atoms with E-state index in [9.17, 15) is 4.79 Å². The summed E-state index contributed by atoms with van der Waals surface area (Å²) in [5.74, 6) is -0.559. The molecule has 100 valence electrons. The summed E-state index contributed by atoms with van der Waals surface area (Å²) in [4.78, 5) is 15.8. The lowest BCUT2D eigenvalue weighted by molar-refractivity contribution is 0.0472. The van der Waals surface area contributed by atoms with Crippen molar-refractivity contribution in [2.24, 2.45) is 0 Å². The summed E-state index contributed by atoms with van der Waals surface area (Å²) in [7, 11) is 0. The first-order valence-electron chi connectivity index (χ1n) is 5.77. The van der Waals surface area contributed by atoms with Gasteiger partial charge >= 0.3 is 5.97 Å². The number of rotatable bonds is 3. The van der Waals surface area contributed by atoms with Gasteiger partial charge in [-0.25, -0.2) is 9.78 Å². The third-order valence-electron chi connectivity index (χ3n) is 2.57. The molecule has 0 radical (unpaired) electrons. The molecule has 1 aromatic heterocycles. The zero-order valence-corrected chi connectivity index (χ0v) is 10.5. The van der Waals surface area contributed by atoms with Crippen LogP contribution in [0.15, 0.2) is 36.5 Å². The van der Waals surface area contributed by atoms with Gasteiger partial charge < -0.3 is 16.2 Å².